The normalized spacial score (nSPS) is 27.0. The number of pyridine rings is 1. The van der Waals surface area contributed by atoms with Gasteiger partial charge in [-0.15, -0.1) is 0 Å². The molecule has 0 amide bonds. The minimum Gasteiger partial charge on any atom is -0.468 e. The van der Waals surface area contributed by atoms with Crippen LogP contribution in [0.15, 0.2) is 47.2 Å². The number of hydrogen-bond acceptors (Lipinski definition) is 4. The highest BCUT2D eigenvalue weighted by atomic mass is 19.3. The maximum atomic E-state index is 14.8. The van der Waals surface area contributed by atoms with Crippen LogP contribution in [0.25, 0.3) is 0 Å². The second kappa shape index (κ2) is 5.84. The summed E-state index contributed by atoms with van der Waals surface area (Å²) >= 11 is 0. The minimum atomic E-state index is -2.64. The van der Waals surface area contributed by atoms with E-state index in [2.05, 4.69) is 9.88 Å². The summed E-state index contributed by atoms with van der Waals surface area (Å²) in [7, 11) is 0. The fourth-order valence-corrected chi connectivity index (χ4v) is 3.98. The van der Waals surface area contributed by atoms with Crippen molar-refractivity contribution in [3.05, 3.63) is 48.6 Å². The van der Waals surface area contributed by atoms with Gasteiger partial charge in [-0.05, 0) is 30.7 Å². The van der Waals surface area contributed by atoms with E-state index < -0.39 is 11.3 Å². The Morgan fingerprint density at radius 3 is 2.75 bits per heavy atom. The predicted octanol–water partition coefficient (Wildman–Crippen LogP) is 3.41. The number of anilines is 1. The summed E-state index contributed by atoms with van der Waals surface area (Å²) in [5, 5.41) is 0. The summed E-state index contributed by atoms with van der Waals surface area (Å²) in [5.41, 5.74) is -1.00. The van der Waals surface area contributed by atoms with E-state index in [0.29, 0.717) is 39.1 Å². The van der Waals surface area contributed by atoms with Gasteiger partial charge >= 0.3 is 0 Å². The second-order valence-electron chi connectivity index (χ2n) is 6.88. The molecule has 4 nitrogen and oxygen atoms in total. The van der Waals surface area contributed by atoms with Gasteiger partial charge < -0.3 is 9.32 Å². The van der Waals surface area contributed by atoms with Crippen LogP contribution in [0.4, 0.5) is 14.6 Å². The highest BCUT2D eigenvalue weighted by molar-refractivity contribution is 5.40. The Morgan fingerprint density at radius 2 is 2.00 bits per heavy atom. The van der Waals surface area contributed by atoms with Crippen LogP contribution in [-0.4, -0.2) is 42.0 Å². The van der Waals surface area contributed by atoms with Gasteiger partial charge in [0.25, 0.3) is 5.92 Å². The standard InChI is InChI=1S/C18H21F2N3O/c19-18(20)7-9-22(12-15-4-3-11-24-15)13-17(18)6-10-23(14-17)16-5-1-2-8-21-16/h1-5,8,11H,6-7,9-10,12-14H2/t17-/m1/s1. The molecule has 2 aromatic heterocycles. The van der Waals surface area contributed by atoms with Crippen LogP contribution in [0.1, 0.15) is 18.6 Å². The van der Waals surface area contributed by atoms with E-state index in [1.807, 2.05) is 35.2 Å². The fourth-order valence-electron chi connectivity index (χ4n) is 3.98. The lowest BCUT2D eigenvalue weighted by Crippen LogP contribution is -2.56. The van der Waals surface area contributed by atoms with Crippen molar-refractivity contribution < 1.29 is 13.2 Å². The summed E-state index contributed by atoms with van der Waals surface area (Å²) in [6, 6.07) is 9.36. The molecular weight excluding hydrogens is 312 g/mol. The average Bonchev–Trinajstić information content (AvgIpc) is 3.23. The molecule has 128 valence electrons. The molecule has 2 aromatic rings. The van der Waals surface area contributed by atoms with Crippen molar-refractivity contribution in [3.8, 4) is 0 Å². The molecule has 1 spiro atoms. The molecule has 0 bridgehead atoms. The van der Waals surface area contributed by atoms with E-state index in [1.54, 1.807) is 12.5 Å². The lowest BCUT2D eigenvalue weighted by molar-refractivity contribution is -0.159. The molecule has 0 N–H and O–H groups in total. The lowest BCUT2D eigenvalue weighted by atomic mass is 9.75. The highest BCUT2D eigenvalue weighted by Gasteiger charge is 2.59. The first kappa shape index (κ1) is 15.6. The zero-order valence-corrected chi connectivity index (χ0v) is 13.5. The van der Waals surface area contributed by atoms with Crippen LogP contribution < -0.4 is 4.90 Å². The third-order valence-electron chi connectivity index (χ3n) is 5.33. The Bertz CT molecular complexity index is 677. The SMILES string of the molecule is FC1(F)CCN(Cc2ccco2)C[C@@]12CCN(c1ccccn1)C2. The van der Waals surface area contributed by atoms with Crippen molar-refractivity contribution in [1.29, 1.82) is 0 Å². The van der Waals surface area contributed by atoms with E-state index >= 15 is 0 Å². The summed E-state index contributed by atoms with van der Waals surface area (Å²) in [5.74, 6) is -1.03. The van der Waals surface area contributed by atoms with Crippen LogP contribution in [0.3, 0.4) is 0 Å². The summed E-state index contributed by atoms with van der Waals surface area (Å²) < 4.78 is 35.0. The van der Waals surface area contributed by atoms with Crippen molar-refractivity contribution in [2.24, 2.45) is 5.41 Å². The van der Waals surface area contributed by atoms with Crippen LogP contribution in [-0.2, 0) is 6.54 Å². The number of alkyl halides is 2. The average molecular weight is 333 g/mol. The molecule has 4 heterocycles. The zero-order chi connectivity index (χ0) is 16.6. The molecule has 2 saturated heterocycles. The van der Waals surface area contributed by atoms with Crippen LogP contribution in [0.2, 0.25) is 0 Å². The molecular formula is C18H21F2N3O. The van der Waals surface area contributed by atoms with Crippen molar-refractivity contribution in [3.63, 3.8) is 0 Å². The Hall–Kier alpha value is -1.95. The number of hydrogen-bond donors (Lipinski definition) is 0. The van der Waals surface area contributed by atoms with Gasteiger partial charge in [0, 0.05) is 38.8 Å². The molecule has 6 heteroatoms. The number of furan rings is 1. The van der Waals surface area contributed by atoms with Crippen LogP contribution >= 0.6 is 0 Å². The first-order valence-corrected chi connectivity index (χ1v) is 8.37. The molecule has 0 aromatic carbocycles. The number of piperidine rings is 1. The maximum Gasteiger partial charge on any atom is 0.257 e. The van der Waals surface area contributed by atoms with Gasteiger partial charge in [-0.1, -0.05) is 6.07 Å². The first-order valence-electron chi connectivity index (χ1n) is 8.37. The molecule has 0 saturated carbocycles. The Labute approximate surface area is 140 Å². The zero-order valence-electron chi connectivity index (χ0n) is 13.5. The van der Waals surface area contributed by atoms with Gasteiger partial charge in [-0.25, -0.2) is 13.8 Å². The van der Waals surface area contributed by atoms with Crippen molar-refractivity contribution >= 4 is 5.82 Å². The monoisotopic (exact) mass is 333 g/mol. The molecule has 0 unspecified atom stereocenters. The largest absolute Gasteiger partial charge is 0.468 e. The van der Waals surface area contributed by atoms with E-state index in [9.17, 15) is 8.78 Å². The summed E-state index contributed by atoms with van der Waals surface area (Å²) in [6.07, 6.45) is 3.74. The smallest absolute Gasteiger partial charge is 0.257 e. The van der Waals surface area contributed by atoms with E-state index in [1.165, 1.54) is 0 Å². The quantitative estimate of drug-likeness (QED) is 0.862. The topological polar surface area (TPSA) is 32.5 Å². The van der Waals surface area contributed by atoms with E-state index in [0.717, 1.165) is 11.6 Å². The van der Waals surface area contributed by atoms with Gasteiger partial charge in [-0.3, -0.25) is 4.90 Å². The maximum absolute atomic E-state index is 14.8. The number of likely N-dealkylation sites (tertiary alicyclic amines) is 1. The lowest BCUT2D eigenvalue weighted by Gasteiger charge is -2.45. The molecule has 24 heavy (non-hydrogen) atoms. The number of rotatable bonds is 3. The van der Waals surface area contributed by atoms with Gasteiger partial charge in [0.2, 0.25) is 0 Å². The molecule has 1 atom stereocenters. The van der Waals surface area contributed by atoms with E-state index in [4.69, 9.17) is 4.42 Å². The number of halogens is 2. The van der Waals surface area contributed by atoms with Gasteiger partial charge in [0.05, 0.1) is 18.2 Å². The van der Waals surface area contributed by atoms with Crippen molar-refractivity contribution in [2.45, 2.75) is 25.3 Å². The van der Waals surface area contributed by atoms with Gasteiger partial charge in [-0.2, -0.15) is 0 Å². The minimum absolute atomic E-state index is 0.0935. The van der Waals surface area contributed by atoms with Crippen molar-refractivity contribution in [2.75, 3.05) is 31.1 Å². The highest BCUT2D eigenvalue weighted by Crippen LogP contribution is 2.50. The van der Waals surface area contributed by atoms with Gasteiger partial charge in [0.15, 0.2) is 0 Å². The van der Waals surface area contributed by atoms with Gasteiger partial charge in [0.1, 0.15) is 11.6 Å². The number of nitrogens with zero attached hydrogens (tertiary/aromatic N) is 3. The molecule has 2 aliphatic rings. The first-order chi connectivity index (χ1) is 11.6. The molecule has 2 aliphatic heterocycles. The van der Waals surface area contributed by atoms with Crippen LogP contribution in [0.5, 0.6) is 0 Å². The van der Waals surface area contributed by atoms with E-state index in [-0.39, 0.29) is 6.42 Å². The third kappa shape index (κ3) is 2.69. The number of aromatic nitrogens is 1. The Balaban J connectivity index is 1.53. The fraction of sp³-hybridized carbons (Fsp3) is 0.500. The Morgan fingerprint density at radius 1 is 1.08 bits per heavy atom. The molecule has 4 rings (SSSR count). The third-order valence-corrected chi connectivity index (χ3v) is 5.33. The summed E-state index contributed by atoms with van der Waals surface area (Å²) in [4.78, 5) is 8.40. The predicted molar refractivity (Wildman–Crippen MR) is 87.0 cm³/mol. The molecule has 0 radical (unpaired) electrons. The Kier molecular flexibility index (Phi) is 3.79. The second-order valence-corrected chi connectivity index (χ2v) is 6.88. The van der Waals surface area contributed by atoms with Crippen molar-refractivity contribution in [1.82, 2.24) is 9.88 Å². The summed E-state index contributed by atoms with van der Waals surface area (Å²) in [6.45, 7) is 2.37. The molecule has 0 aliphatic carbocycles. The molecule has 2 fully saturated rings. The van der Waals surface area contributed by atoms with Crippen LogP contribution in [0, 0.1) is 5.41 Å².